The number of benzene rings is 1. The maximum Gasteiger partial charge on any atom is 0.416 e. The fourth-order valence-corrected chi connectivity index (χ4v) is 3.26. The zero-order chi connectivity index (χ0) is 20.3. The van der Waals surface area contributed by atoms with Gasteiger partial charge in [0.15, 0.2) is 0 Å². The molecule has 3 rings (SSSR count). The molecule has 28 heavy (non-hydrogen) atoms. The lowest BCUT2D eigenvalue weighted by molar-refractivity contribution is -0.137. The van der Waals surface area contributed by atoms with Crippen molar-refractivity contribution in [1.29, 1.82) is 0 Å². The van der Waals surface area contributed by atoms with E-state index in [2.05, 4.69) is 10.4 Å². The summed E-state index contributed by atoms with van der Waals surface area (Å²) in [5.74, 6) is -0.991. The summed E-state index contributed by atoms with van der Waals surface area (Å²) in [5.41, 5.74) is -0.366. The van der Waals surface area contributed by atoms with Gasteiger partial charge in [-0.2, -0.15) is 18.3 Å². The number of amides is 2. The van der Waals surface area contributed by atoms with E-state index in [1.807, 2.05) is 6.92 Å². The van der Waals surface area contributed by atoms with E-state index >= 15 is 0 Å². The Morgan fingerprint density at radius 2 is 2.14 bits per heavy atom. The van der Waals surface area contributed by atoms with Crippen LogP contribution in [0, 0.1) is 5.92 Å². The topological polar surface area (TPSA) is 67.2 Å². The molecule has 150 valence electrons. The van der Waals surface area contributed by atoms with E-state index in [1.54, 1.807) is 29.2 Å². The van der Waals surface area contributed by atoms with Crippen molar-refractivity contribution in [3.05, 3.63) is 53.9 Å². The van der Waals surface area contributed by atoms with Gasteiger partial charge in [0.25, 0.3) is 0 Å². The summed E-state index contributed by atoms with van der Waals surface area (Å²) < 4.78 is 40.2. The molecule has 1 aliphatic rings. The number of alkyl halides is 3. The Kier molecular flexibility index (Phi) is 5.71. The largest absolute Gasteiger partial charge is 0.416 e. The molecule has 0 bridgehead atoms. The van der Waals surface area contributed by atoms with Crippen LogP contribution in [0.3, 0.4) is 0 Å². The Hall–Kier alpha value is -2.84. The maximum absolute atomic E-state index is 12.8. The number of carbonyl (C=O) groups is 2. The number of nitrogens with one attached hydrogen (secondary N) is 1. The minimum Gasteiger partial charge on any atom is -0.351 e. The van der Waals surface area contributed by atoms with Crippen LogP contribution >= 0.6 is 0 Å². The van der Waals surface area contributed by atoms with E-state index in [-0.39, 0.29) is 37.4 Å². The number of hydrogen-bond acceptors (Lipinski definition) is 3. The summed E-state index contributed by atoms with van der Waals surface area (Å²) in [7, 11) is 0. The molecule has 1 aromatic carbocycles. The quantitative estimate of drug-likeness (QED) is 0.819. The monoisotopic (exact) mass is 394 g/mol. The number of nitrogens with zero attached hydrogens (tertiary/aromatic N) is 3. The average Bonchev–Trinajstić information content (AvgIpc) is 3.24. The summed E-state index contributed by atoms with van der Waals surface area (Å²) in [6.45, 7) is 2.59. The SMILES string of the molecule is C[C@H](Cn1cccn1)NC(=O)[C@H]1CC(=O)N(Cc2cccc(C(F)(F)F)c2)C1. The van der Waals surface area contributed by atoms with E-state index in [0.29, 0.717) is 12.1 Å². The molecule has 0 spiro atoms. The zero-order valence-corrected chi connectivity index (χ0v) is 15.3. The highest BCUT2D eigenvalue weighted by atomic mass is 19.4. The smallest absolute Gasteiger partial charge is 0.351 e. The Morgan fingerprint density at radius 3 is 2.82 bits per heavy atom. The number of hydrogen-bond donors (Lipinski definition) is 1. The first-order chi connectivity index (χ1) is 13.2. The van der Waals surface area contributed by atoms with Gasteiger partial charge in [0.1, 0.15) is 0 Å². The second-order valence-corrected chi connectivity index (χ2v) is 7.01. The van der Waals surface area contributed by atoms with Gasteiger partial charge in [-0.15, -0.1) is 0 Å². The molecular formula is C19H21F3N4O2. The fourth-order valence-electron chi connectivity index (χ4n) is 3.26. The molecule has 2 atom stereocenters. The molecular weight excluding hydrogens is 373 g/mol. The van der Waals surface area contributed by atoms with Crippen LogP contribution < -0.4 is 5.32 Å². The number of halogens is 3. The van der Waals surface area contributed by atoms with Crippen LogP contribution in [0.15, 0.2) is 42.7 Å². The molecule has 2 heterocycles. The van der Waals surface area contributed by atoms with Crippen LogP contribution in [0.2, 0.25) is 0 Å². The molecule has 9 heteroatoms. The van der Waals surface area contributed by atoms with E-state index in [4.69, 9.17) is 0 Å². The van der Waals surface area contributed by atoms with Crippen molar-refractivity contribution in [3.8, 4) is 0 Å². The third-order valence-corrected chi connectivity index (χ3v) is 4.62. The van der Waals surface area contributed by atoms with Gasteiger partial charge in [0, 0.05) is 37.9 Å². The van der Waals surface area contributed by atoms with E-state index < -0.39 is 17.7 Å². The van der Waals surface area contributed by atoms with Gasteiger partial charge in [0.2, 0.25) is 11.8 Å². The molecule has 0 saturated carbocycles. The lowest BCUT2D eigenvalue weighted by Gasteiger charge is -2.19. The normalized spacial score (nSPS) is 18.4. The zero-order valence-electron chi connectivity index (χ0n) is 15.3. The summed E-state index contributed by atoms with van der Waals surface area (Å²) in [4.78, 5) is 26.1. The highest BCUT2D eigenvalue weighted by Crippen LogP contribution is 2.30. The Morgan fingerprint density at radius 1 is 1.36 bits per heavy atom. The van der Waals surface area contributed by atoms with Gasteiger partial charge in [-0.1, -0.05) is 12.1 Å². The maximum atomic E-state index is 12.8. The molecule has 0 unspecified atom stereocenters. The van der Waals surface area contributed by atoms with Gasteiger partial charge in [0.05, 0.1) is 18.0 Å². The summed E-state index contributed by atoms with van der Waals surface area (Å²) in [6.07, 6.45) is -0.939. The minimum absolute atomic E-state index is 0.0510. The van der Waals surface area contributed by atoms with Crippen LogP contribution in [-0.4, -0.2) is 39.1 Å². The second-order valence-electron chi connectivity index (χ2n) is 7.01. The van der Waals surface area contributed by atoms with Crippen LogP contribution in [0.4, 0.5) is 13.2 Å². The standard InChI is InChI=1S/C19H21F3N4O2/c1-13(10-26-7-3-6-23-26)24-18(28)15-9-17(27)25(12-15)11-14-4-2-5-16(8-14)19(20,21)22/h2-8,13,15H,9-12H2,1H3,(H,24,28)/t13-,15+/m1/s1. The first-order valence-corrected chi connectivity index (χ1v) is 8.94. The molecule has 1 N–H and O–H groups in total. The van der Waals surface area contributed by atoms with Crippen molar-refractivity contribution in [2.45, 2.75) is 38.7 Å². The third-order valence-electron chi connectivity index (χ3n) is 4.62. The Labute approximate surface area is 160 Å². The molecule has 1 aromatic heterocycles. The van der Waals surface area contributed by atoms with Gasteiger partial charge < -0.3 is 10.2 Å². The summed E-state index contributed by atoms with van der Waals surface area (Å²) >= 11 is 0. The first-order valence-electron chi connectivity index (χ1n) is 8.94. The molecule has 0 aliphatic carbocycles. The Bertz CT molecular complexity index is 836. The molecule has 6 nitrogen and oxygen atoms in total. The van der Waals surface area contributed by atoms with E-state index in [0.717, 1.165) is 12.1 Å². The molecule has 1 fully saturated rings. The van der Waals surface area contributed by atoms with Crippen molar-refractivity contribution >= 4 is 11.8 Å². The van der Waals surface area contributed by atoms with Crippen molar-refractivity contribution < 1.29 is 22.8 Å². The van der Waals surface area contributed by atoms with Crippen molar-refractivity contribution in [1.82, 2.24) is 20.0 Å². The van der Waals surface area contributed by atoms with Gasteiger partial charge in [-0.05, 0) is 30.7 Å². The van der Waals surface area contributed by atoms with Crippen LogP contribution in [0.5, 0.6) is 0 Å². The Balaban J connectivity index is 1.56. The molecule has 1 aliphatic heterocycles. The molecule has 2 amide bonds. The number of aromatic nitrogens is 2. The van der Waals surface area contributed by atoms with Gasteiger partial charge in [-0.25, -0.2) is 0 Å². The average molecular weight is 394 g/mol. The molecule has 2 aromatic rings. The fraction of sp³-hybridized carbons (Fsp3) is 0.421. The number of carbonyl (C=O) groups excluding carboxylic acids is 2. The lowest BCUT2D eigenvalue weighted by Crippen LogP contribution is -2.40. The number of likely N-dealkylation sites (tertiary alicyclic amines) is 1. The van der Waals surface area contributed by atoms with Crippen molar-refractivity contribution in [2.24, 2.45) is 5.92 Å². The van der Waals surface area contributed by atoms with Crippen molar-refractivity contribution in [2.75, 3.05) is 6.54 Å². The lowest BCUT2D eigenvalue weighted by atomic mass is 10.1. The van der Waals surface area contributed by atoms with Crippen LogP contribution in [-0.2, 0) is 28.9 Å². The van der Waals surface area contributed by atoms with Gasteiger partial charge >= 0.3 is 6.18 Å². The van der Waals surface area contributed by atoms with Crippen LogP contribution in [0.1, 0.15) is 24.5 Å². The first kappa shape index (κ1) is 19.9. The minimum atomic E-state index is -4.43. The predicted octanol–water partition coefficient (Wildman–Crippen LogP) is 2.46. The van der Waals surface area contributed by atoms with E-state index in [1.165, 1.54) is 11.0 Å². The highest BCUT2D eigenvalue weighted by Gasteiger charge is 2.35. The van der Waals surface area contributed by atoms with Crippen molar-refractivity contribution in [3.63, 3.8) is 0 Å². The molecule has 0 radical (unpaired) electrons. The highest BCUT2D eigenvalue weighted by molar-refractivity contribution is 5.89. The second kappa shape index (κ2) is 8.04. The summed E-state index contributed by atoms with van der Waals surface area (Å²) in [6, 6.07) is 6.51. The van der Waals surface area contributed by atoms with Crippen LogP contribution in [0.25, 0.3) is 0 Å². The number of rotatable bonds is 6. The molecule has 1 saturated heterocycles. The summed E-state index contributed by atoms with van der Waals surface area (Å²) in [5, 5.41) is 6.95. The third kappa shape index (κ3) is 4.90. The van der Waals surface area contributed by atoms with E-state index in [9.17, 15) is 22.8 Å². The van der Waals surface area contributed by atoms with Gasteiger partial charge in [-0.3, -0.25) is 14.3 Å². The predicted molar refractivity (Wildman–Crippen MR) is 94.8 cm³/mol.